The molecule has 0 fully saturated rings. The summed E-state index contributed by atoms with van der Waals surface area (Å²) in [6.45, 7) is 0.0164. The molecule has 0 aliphatic rings. The molecule has 0 radical (unpaired) electrons. The first-order valence-corrected chi connectivity index (χ1v) is 3.40. The fraction of sp³-hybridized carbons (Fsp3) is 0.714. The molecule has 0 saturated carbocycles. The van der Waals surface area contributed by atoms with E-state index in [4.69, 9.17) is 0 Å². The number of rotatable bonds is 2. The fourth-order valence-electron chi connectivity index (χ4n) is 0.711. The van der Waals surface area contributed by atoms with Crippen LogP contribution >= 0.6 is 0 Å². The van der Waals surface area contributed by atoms with Gasteiger partial charge in [-0.1, -0.05) is 0 Å². The summed E-state index contributed by atoms with van der Waals surface area (Å²) in [5, 5.41) is 0. The summed E-state index contributed by atoms with van der Waals surface area (Å²) in [7, 11) is 0. The standard InChI is InChI=1S/C7H7F7/c1-5(8,9)3-4(6(2,10)11)7(12,13)14/h3H,1-2H3/b4-3-. The van der Waals surface area contributed by atoms with Gasteiger partial charge in [0.15, 0.2) is 0 Å². The van der Waals surface area contributed by atoms with Crippen molar-refractivity contribution in [2.45, 2.75) is 31.9 Å². The van der Waals surface area contributed by atoms with Crippen LogP contribution < -0.4 is 0 Å². The molecule has 14 heavy (non-hydrogen) atoms. The molecule has 0 aromatic carbocycles. The second kappa shape index (κ2) is 3.43. The molecule has 0 aromatic heterocycles. The van der Waals surface area contributed by atoms with Gasteiger partial charge in [-0.15, -0.1) is 0 Å². The molecule has 0 nitrogen and oxygen atoms in total. The van der Waals surface area contributed by atoms with E-state index in [0.29, 0.717) is 0 Å². The molecule has 0 aromatic rings. The van der Waals surface area contributed by atoms with Crippen LogP contribution in [-0.4, -0.2) is 18.0 Å². The predicted octanol–water partition coefficient (Wildman–Crippen LogP) is 3.79. The van der Waals surface area contributed by atoms with Crippen LogP contribution in [0.2, 0.25) is 0 Å². The minimum atomic E-state index is -5.46. The summed E-state index contributed by atoms with van der Waals surface area (Å²) in [4.78, 5) is 0. The normalized spacial score (nSPS) is 15.9. The van der Waals surface area contributed by atoms with Gasteiger partial charge in [0.05, 0.1) is 0 Å². The highest BCUT2D eigenvalue weighted by Gasteiger charge is 2.48. The van der Waals surface area contributed by atoms with Crippen LogP contribution in [0.5, 0.6) is 0 Å². The minimum Gasteiger partial charge on any atom is -0.202 e. The molecule has 0 aliphatic carbocycles. The summed E-state index contributed by atoms with van der Waals surface area (Å²) in [6.07, 6.45) is -6.23. The number of allylic oxidation sites excluding steroid dienone is 2. The van der Waals surface area contributed by atoms with E-state index >= 15 is 0 Å². The second-order valence-electron chi connectivity index (χ2n) is 2.90. The van der Waals surface area contributed by atoms with Gasteiger partial charge in [0.25, 0.3) is 11.8 Å². The Morgan fingerprint density at radius 2 is 1.21 bits per heavy atom. The van der Waals surface area contributed by atoms with Gasteiger partial charge in [0, 0.05) is 13.8 Å². The molecule has 0 N–H and O–H groups in total. The molecule has 0 heterocycles. The van der Waals surface area contributed by atoms with Crippen LogP contribution in [0.25, 0.3) is 0 Å². The minimum absolute atomic E-state index is 0.0853. The van der Waals surface area contributed by atoms with E-state index in [2.05, 4.69) is 0 Å². The van der Waals surface area contributed by atoms with Crippen molar-refractivity contribution < 1.29 is 30.7 Å². The molecule has 0 amide bonds. The Kier molecular flexibility index (Phi) is 3.25. The zero-order valence-electron chi connectivity index (χ0n) is 7.22. The van der Waals surface area contributed by atoms with Gasteiger partial charge in [0.2, 0.25) is 0 Å². The van der Waals surface area contributed by atoms with E-state index in [1.807, 2.05) is 0 Å². The van der Waals surface area contributed by atoms with Crippen molar-refractivity contribution in [1.29, 1.82) is 0 Å². The first-order chi connectivity index (χ1) is 5.84. The van der Waals surface area contributed by atoms with E-state index in [-0.39, 0.29) is 13.8 Å². The molecular weight excluding hydrogens is 217 g/mol. The Bertz CT molecular complexity index is 208. The second-order valence-corrected chi connectivity index (χ2v) is 2.90. The van der Waals surface area contributed by atoms with Crippen LogP contribution in [0.3, 0.4) is 0 Å². The molecule has 0 unspecified atom stereocenters. The Hall–Kier alpha value is -0.750. The van der Waals surface area contributed by atoms with Gasteiger partial charge in [-0.05, 0) is 6.08 Å². The van der Waals surface area contributed by atoms with Crippen molar-refractivity contribution in [1.82, 2.24) is 0 Å². The quantitative estimate of drug-likeness (QED) is 0.494. The van der Waals surface area contributed by atoms with Gasteiger partial charge in [-0.25, -0.2) is 17.6 Å². The van der Waals surface area contributed by atoms with Crippen molar-refractivity contribution in [3.05, 3.63) is 11.6 Å². The van der Waals surface area contributed by atoms with Gasteiger partial charge < -0.3 is 0 Å². The fourth-order valence-corrected chi connectivity index (χ4v) is 0.711. The Morgan fingerprint density at radius 3 is 1.29 bits per heavy atom. The maximum Gasteiger partial charge on any atom is 0.418 e. The SMILES string of the molecule is CC(F)(F)/C=C(/C(C)(F)F)C(F)(F)F. The molecule has 0 saturated heterocycles. The third-order valence-corrected chi connectivity index (χ3v) is 1.18. The number of hydrogen-bond donors (Lipinski definition) is 0. The smallest absolute Gasteiger partial charge is 0.202 e. The van der Waals surface area contributed by atoms with Crippen LogP contribution in [0.15, 0.2) is 11.6 Å². The molecule has 0 atom stereocenters. The van der Waals surface area contributed by atoms with Crippen molar-refractivity contribution >= 4 is 0 Å². The van der Waals surface area contributed by atoms with Gasteiger partial charge >= 0.3 is 6.18 Å². The van der Waals surface area contributed by atoms with E-state index in [1.54, 1.807) is 0 Å². The lowest BCUT2D eigenvalue weighted by Gasteiger charge is -2.19. The van der Waals surface area contributed by atoms with E-state index in [9.17, 15) is 30.7 Å². The number of halogens is 7. The first-order valence-electron chi connectivity index (χ1n) is 3.40. The molecular formula is C7H7F7. The highest BCUT2D eigenvalue weighted by molar-refractivity contribution is 5.20. The van der Waals surface area contributed by atoms with Crippen LogP contribution in [0.1, 0.15) is 13.8 Å². The lowest BCUT2D eigenvalue weighted by Crippen LogP contribution is -2.29. The summed E-state index contributed by atoms with van der Waals surface area (Å²) in [6, 6.07) is 0. The summed E-state index contributed by atoms with van der Waals surface area (Å²) in [5.74, 6) is -8.26. The zero-order chi connectivity index (χ0) is 11.8. The van der Waals surface area contributed by atoms with Crippen molar-refractivity contribution in [2.24, 2.45) is 0 Å². The van der Waals surface area contributed by atoms with Crippen molar-refractivity contribution in [2.75, 3.05) is 0 Å². The third kappa shape index (κ3) is 4.48. The molecule has 0 bridgehead atoms. The Morgan fingerprint density at radius 1 is 0.857 bits per heavy atom. The Balaban J connectivity index is 5.26. The van der Waals surface area contributed by atoms with Crippen LogP contribution in [0.4, 0.5) is 30.7 Å². The Labute approximate surface area is 75.4 Å². The molecule has 0 aliphatic heterocycles. The van der Waals surface area contributed by atoms with Gasteiger partial charge in [-0.2, -0.15) is 13.2 Å². The zero-order valence-corrected chi connectivity index (χ0v) is 7.22. The average Bonchev–Trinajstić information content (AvgIpc) is 1.75. The largest absolute Gasteiger partial charge is 0.418 e. The lowest BCUT2D eigenvalue weighted by molar-refractivity contribution is -0.128. The summed E-state index contributed by atoms with van der Waals surface area (Å²) < 4.78 is 84.4. The predicted molar refractivity (Wildman–Crippen MR) is 35.4 cm³/mol. The maximum absolute atomic E-state index is 12.3. The summed E-state index contributed by atoms with van der Waals surface area (Å²) in [5.41, 5.74) is -2.53. The first kappa shape index (κ1) is 13.2. The topological polar surface area (TPSA) is 0 Å². The van der Waals surface area contributed by atoms with E-state index in [0.717, 1.165) is 0 Å². The van der Waals surface area contributed by atoms with Crippen LogP contribution in [-0.2, 0) is 0 Å². The van der Waals surface area contributed by atoms with Crippen molar-refractivity contribution in [3.8, 4) is 0 Å². The molecule has 0 spiro atoms. The maximum atomic E-state index is 12.3. The molecule has 84 valence electrons. The van der Waals surface area contributed by atoms with E-state index in [1.165, 1.54) is 0 Å². The highest BCUT2D eigenvalue weighted by Crippen LogP contribution is 2.39. The molecule has 7 heteroatoms. The van der Waals surface area contributed by atoms with Crippen molar-refractivity contribution in [3.63, 3.8) is 0 Å². The molecule has 0 rings (SSSR count). The average molecular weight is 224 g/mol. The third-order valence-electron chi connectivity index (χ3n) is 1.18. The lowest BCUT2D eigenvalue weighted by atomic mass is 10.1. The number of hydrogen-bond acceptors (Lipinski definition) is 0. The summed E-state index contributed by atoms with van der Waals surface area (Å²) >= 11 is 0. The highest BCUT2D eigenvalue weighted by atomic mass is 19.4. The number of alkyl halides is 7. The van der Waals surface area contributed by atoms with E-state index < -0.39 is 29.7 Å². The van der Waals surface area contributed by atoms with Gasteiger partial charge in [-0.3, -0.25) is 0 Å². The monoisotopic (exact) mass is 224 g/mol. The van der Waals surface area contributed by atoms with Crippen LogP contribution in [0, 0.1) is 0 Å². The van der Waals surface area contributed by atoms with Gasteiger partial charge in [0.1, 0.15) is 5.57 Å².